The highest BCUT2D eigenvalue weighted by atomic mass is 32.2. The number of benzene rings is 2. The predicted octanol–water partition coefficient (Wildman–Crippen LogP) is 3.28. The van der Waals surface area contributed by atoms with Gasteiger partial charge >= 0.3 is 0 Å². The molecule has 1 aliphatic carbocycles. The average molecular weight is 385 g/mol. The highest BCUT2D eigenvalue weighted by Crippen LogP contribution is 2.30. The van der Waals surface area contributed by atoms with E-state index in [1.54, 1.807) is 18.2 Å². The predicted molar refractivity (Wildman–Crippen MR) is 104 cm³/mol. The van der Waals surface area contributed by atoms with E-state index in [1.165, 1.54) is 15.9 Å². The number of amides is 1. The van der Waals surface area contributed by atoms with Crippen LogP contribution in [0.1, 0.15) is 53.2 Å². The Morgan fingerprint density at radius 2 is 1.78 bits per heavy atom. The second-order valence-corrected chi connectivity index (χ2v) is 9.19. The third-order valence-electron chi connectivity index (χ3n) is 5.47. The number of sulfonamides is 1. The molecule has 2 aromatic carbocycles. The number of nitrogens with zero attached hydrogens (tertiary/aromatic N) is 1. The largest absolute Gasteiger partial charge is 0.345 e. The number of rotatable bonds is 4. The zero-order valence-electron chi connectivity index (χ0n) is 15.2. The van der Waals surface area contributed by atoms with Crippen LogP contribution in [0.4, 0.5) is 0 Å². The van der Waals surface area contributed by atoms with Crippen LogP contribution in [0, 0.1) is 0 Å². The number of aryl methyl sites for hydroxylation is 1. The van der Waals surface area contributed by atoms with Gasteiger partial charge < -0.3 is 5.32 Å². The first-order chi connectivity index (χ1) is 13.1. The Hall–Kier alpha value is -2.18. The van der Waals surface area contributed by atoms with Crippen molar-refractivity contribution in [2.24, 2.45) is 0 Å². The third kappa shape index (κ3) is 3.64. The summed E-state index contributed by atoms with van der Waals surface area (Å²) in [6, 6.07) is 14.5. The van der Waals surface area contributed by atoms with Crippen LogP contribution in [-0.2, 0) is 16.4 Å². The molecule has 1 aliphatic heterocycles. The Morgan fingerprint density at radius 3 is 2.59 bits per heavy atom. The number of carbonyl (C=O) groups is 1. The first-order valence-corrected chi connectivity index (χ1v) is 11.0. The summed E-state index contributed by atoms with van der Waals surface area (Å²) < 4.78 is 27.0. The summed E-state index contributed by atoms with van der Waals surface area (Å²) in [6.07, 6.45) is 4.74. The zero-order chi connectivity index (χ0) is 18.9. The minimum absolute atomic E-state index is 0.0266. The lowest BCUT2D eigenvalue weighted by molar-refractivity contribution is 0.0932. The molecule has 4 rings (SSSR count). The molecule has 1 N–H and O–H groups in total. The molecule has 27 heavy (non-hydrogen) atoms. The van der Waals surface area contributed by atoms with Crippen molar-refractivity contribution >= 4 is 15.9 Å². The lowest BCUT2D eigenvalue weighted by Crippen LogP contribution is -2.31. The van der Waals surface area contributed by atoms with Crippen LogP contribution in [0.15, 0.2) is 53.4 Å². The summed E-state index contributed by atoms with van der Waals surface area (Å²) in [6.45, 7) is 1.11. The summed E-state index contributed by atoms with van der Waals surface area (Å²) in [5.41, 5.74) is 2.83. The standard InChI is InChI=1S/C21H24N2O3S/c24-21(22-20-12-6-8-16-7-1-2-11-19(16)20)17-9-5-10-18(15-17)27(25,26)23-13-3-4-14-23/h1-2,5,7,9-11,15,20H,3-4,6,8,12-14H2,(H,22,24)/t20-/m0/s1. The van der Waals surface area contributed by atoms with E-state index in [0.717, 1.165) is 37.7 Å². The molecule has 0 aromatic heterocycles. The monoisotopic (exact) mass is 384 g/mol. The maximum Gasteiger partial charge on any atom is 0.251 e. The van der Waals surface area contributed by atoms with Crippen molar-refractivity contribution in [1.82, 2.24) is 9.62 Å². The molecule has 2 aliphatic rings. The Morgan fingerprint density at radius 1 is 1.00 bits per heavy atom. The van der Waals surface area contributed by atoms with Crippen LogP contribution in [0.25, 0.3) is 0 Å². The quantitative estimate of drug-likeness (QED) is 0.880. The highest BCUT2D eigenvalue weighted by Gasteiger charge is 2.28. The lowest BCUT2D eigenvalue weighted by atomic mass is 9.87. The molecule has 0 bridgehead atoms. The van der Waals surface area contributed by atoms with Crippen molar-refractivity contribution < 1.29 is 13.2 Å². The Labute approximate surface area is 160 Å². The molecule has 1 atom stereocenters. The maximum absolute atomic E-state index is 12.8. The van der Waals surface area contributed by atoms with Crippen LogP contribution >= 0.6 is 0 Å². The van der Waals surface area contributed by atoms with Gasteiger partial charge in [-0.25, -0.2) is 8.42 Å². The van der Waals surface area contributed by atoms with E-state index in [1.807, 2.05) is 12.1 Å². The Kier molecular flexibility index (Phi) is 5.02. The minimum atomic E-state index is -3.52. The van der Waals surface area contributed by atoms with Gasteiger partial charge in [-0.05, 0) is 61.4 Å². The maximum atomic E-state index is 12.8. The third-order valence-corrected chi connectivity index (χ3v) is 7.37. The molecule has 1 heterocycles. The molecule has 0 unspecified atom stereocenters. The molecule has 1 amide bonds. The van der Waals surface area contributed by atoms with Gasteiger partial charge in [-0.15, -0.1) is 0 Å². The summed E-state index contributed by atoms with van der Waals surface area (Å²) >= 11 is 0. The first kappa shape index (κ1) is 18.2. The van der Waals surface area contributed by atoms with Crippen LogP contribution in [0.3, 0.4) is 0 Å². The molecule has 1 saturated heterocycles. The van der Waals surface area contributed by atoms with E-state index in [2.05, 4.69) is 17.4 Å². The smallest absolute Gasteiger partial charge is 0.251 e. The Bertz CT molecular complexity index is 949. The number of hydrogen-bond donors (Lipinski definition) is 1. The molecule has 142 valence electrons. The number of hydrogen-bond acceptors (Lipinski definition) is 3. The number of carbonyl (C=O) groups excluding carboxylic acids is 1. The van der Waals surface area contributed by atoms with Gasteiger partial charge in [0, 0.05) is 18.7 Å². The van der Waals surface area contributed by atoms with Crippen LogP contribution in [0.2, 0.25) is 0 Å². The van der Waals surface area contributed by atoms with Gasteiger partial charge in [0.2, 0.25) is 10.0 Å². The fourth-order valence-corrected chi connectivity index (χ4v) is 5.58. The number of nitrogens with one attached hydrogen (secondary N) is 1. The summed E-state index contributed by atoms with van der Waals surface area (Å²) in [7, 11) is -3.52. The highest BCUT2D eigenvalue weighted by molar-refractivity contribution is 7.89. The van der Waals surface area contributed by atoms with Crippen LogP contribution in [0.5, 0.6) is 0 Å². The van der Waals surface area contributed by atoms with Crippen molar-refractivity contribution in [1.29, 1.82) is 0 Å². The van der Waals surface area contributed by atoms with Gasteiger partial charge in [0.05, 0.1) is 10.9 Å². The fourth-order valence-electron chi connectivity index (χ4n) is 4.02. The Balaban J connectivity index is 1.55. The molecule has 0 spiro atoms. The van der Waals surface area contributed by atoms with Crippen molar-refractivity contribution in [3.05, 3.63) is 65.2 Å². The van der Waals surface area contributed by atoms with Gasteiger partial charge in [-0.1, -0.05) is 30.3 Å². The normalized spacial score (nSPS) is 20.2. The SMILES string of the molecule is O=C(N[C@H]1CCCc2ccccc21)c1cccc(S(=O)(=O)N2CCCC2)c1. The van der Waals surface area contributed by atoms with E-state index in [4.69, 9.17) is 0 Å². The molecule has 0 saturated carbocycles. The van der Waals surface area contributed by atoms with Gasteiger partial charge in [-0.2, -0.15) is 4.31 Å². The molecular formula is C21H24N2O3S. The molecule has 0 radical (unpaired) electrons. The first-order valence-electron chi connectivity index (χ1n) is 9.54. The summed E-state index contributed by atoms with van der Waals surface area (Å²) in [4.78, 5) is 13.0. The topological polar surface area (TPSA) is 66.5 Å². The van der Waals surface area contributed by atoms with E-state index >= 15 is 0 Å². The van der Waals surface area contributed by atoms with Crippen LogP contribution in [-0.4, -0.2) is 31.7 Å². The molecule has 5 nitrogen and oxygen atoms in total. The second-order valence-electron chi connectivity index (χ2n) is 7.26. The fraction of sp³-hybridized carbons (Fsp3) is 0.381. The van der Waals surface area contributed by atoms with Crippen molar-refractivity contribution in [2.75, 3.05) is 13.1 Å². The second kappa shape index (κ2) is 7.44. The zero-order valence-corrected chi connectivity index (χ0v) is 16.0. The number of fused-ring (bicyclic) bond motifs is 1. The van der Waals surface area contributed by atoms with E-state index in [9.17, 15) is 13.2 Å². The molecule has 2 aromatic rings. The lowest BCUT2D eigenvalue weighted by Gasteiger charge is -2.26. The molecule has 6 heteroatoms. The van der Waals surface area contributed by atoms with E-state index in [-0.39, 0.29) is 16.8 Å². The minimum Gasteiger partial charge on any atom is -0.345 e. The van der Waals surface area contributed by atoms with Crippen molar-refractivity contribution in [3.63, 3.8) is 0 Å². The van der Waals surface area contributed by atoms with E-state index in [0.29, 0.717) is 18.7 Å². The van der Waals surface area contributed by atoms with Crippen molar-refractivity contribution in [2.45, 2.75) is 43.0 Å². The average Bonchev–Trinajstić information content (AvgIpc) is 3.24. The van der Waals surface area contributed by atoms with Gasteiger partial charge in [0.1, 0.15) is 0 Å². The van der Waals surface area contributed by atoms with Crippen molar-refractivity contribution in [3.8, 4) is 0 Å². The van der Waals surface area contributed by atoms with E-state index < -0.39 is 10.0 Å². The van der Waals surface area contributed by atoms with Crippen LogP contribution < -0.4 is 5.32 Å². The van der Waals surface area contributed by atoms with Gasteiger partial charge in [-0.3, -0.25) is 4.79 Å². The summed E-state index contributed by atoms with van der Waals surface area (Å²) in [5, 5.41) is 3.09. The molecule has 1 fully saturated rings. The summed E-state index contributed by atoms with van der Waals surface area (Å²) in [5.74, 6) is -0.227. The van der Waals surface area contributed by atoms with Gasteiger partial charge in [0.25, 0.3) is 5.91 Å². The molecular weight excluding hydrogens is 360 g/mol. The van der Waals surface area contributed by atoms with Gasteiger partial charge in [0.15, 0.2) is 0 Å².